The van der Waals surface area contributed by atoms with E-state index in [0.717, 1.165) is 5.56 Å². The van der Waals surface area contributed by atoms with Gasteiger partial charge in [-0.05, 0) is 24.6 Å². The molecule has 1 aromatic carbocycles. The van der Waals surface area contributed by atoms with E-state index in [4.69, 9.17) is 23.2 Å². The summed E-state index contributed by atoms with van der Waals surface area (Å²) in [6.45, 7) is 1.77. The Kier molecular flexibility index (Phi) is 3.19. The largest absolute Gasteiger partial charge is 0.390 e. The molecule has 0 saturated heterocycles. The van der Waals surface area contributed by atoms with Crippen LogP contribution >= 0.6 is 23.2 Å². The van der Waals surface area contributed by atoms with Gasteiger partial charge in [-0.1, -0.05) is 29.3 Å². The molecule has 0 aliphatic carbocycles. The zero-order valence-electron chi connectivity index (χ0n) is 8.61. The number of hydrogen-bond donors (Lipinski definition) is 1. The van der Waals surface area contributed by atoms with Gasteiger partial charge in [-0.2, -0.15) is 5.10 Å². The summed E-state index contributed by atoms with van der Waals surface area (Å²) >= 11 is 12.2. The summed E-state index contributed by atoms with van der Waals surface area (Å²) in [5.41, 5.74) is 2.19. The van der Waals surface area contributed by atoms with Gasteiger partial charge in [-0.25, -0.2) is 4.68 Å². The lowest BCUT2D eigenvalue weighted by Crippen LogP contribution is -2.04. The minimum absolute atomic E-state index is 0.104. The van der Waals surface area contributed by atoms with E-state index >= 15 is 0 Å². The molecule has 0 bridgehead atoms. The number of benzene rings is 1. The predicted octanol–water partition coefficient (Wildman–Crippen LogP) is 2.98. The van der Waals surface area contributed by atoms with Crippen LogP contribution in [0.15, 0.2) is 24.4 Å². The van der Waals surface area contributed by atoms with E-state index < -0.39 is 0 Å². The van der Waals surface area contributed by atoms with Crippen LogP contribution in [-0.4, -0.2) is 14.9 Å². The Morgan fingerprint density at radius 3 is 2.50 bits per heavy atom. The summed E-state index contributed by atoms with van der Waals surface area (Å²) in [7, 11) is 0. The van der Waals surface area contributed by atoms with E-state index in [1.807, 2.05) is 6.92 Å². The van der Waals surface area contributed by atoms with Gasteiger partial charge in [0.2, 0.25) is 0 Å². The van der Waals surface area contributed by atoms with Crippen LogP contribution in [0.25, 0.3) is 5.69 Å². The van der Waals surface area contributed by atoms with E-state index in [-0.39, 0.29) is 6.61 Å². The molecule has 1 N–H and O–H groups in total. The van der Waals surface area contributed by atoms with E-state index in [0.29, 0.717) is 21.4 Å². The Balaban J connectivity index is 2.67. The highest BCUT2D eigenvalue weighted by Gasteiger charge is 2.13. The SMILES string of the molecule is Cc1cnn(-c2c(Cl)cccc2Cl)c1CO. The Morgan fingerprint density at radius 2 is 1.94 bits per heavy atom. The van der Waals surface area contributed by atoms with Crippen LogP contribution in [0.4, 0.5) is 0 Å². The molecule has 0 amide bonds. The van der Waals surface area contributed by atoms with Crippen molar-refractivity contribution in [3.8, 4) is 5.69 Å². The lowest BCUT2D eigenvalue weighted by atomic mass is 10.2. The Hall–Kier alpha value is -1.03. The molecule has 2 aromatic rings. The van der Waals surface area contributed by atoms with Gasteiger partial charge in [0, 0.05) is 0 Å². The average molecular weight is 257 g/mol. The number of para-hydroxylation sites is 1. The molecule has 5 heteroatoms. The zero-order chi connectivity index (χ0) is 11.7. The fraction of sp³-hybridized carbons (Fsp3) is 0.182. The summed E-state index contributed by atoms with van der Waals surface area (Å²) in [5.74, 6) is 0. The van der Waals surface area contributed by atoms with Crippen molar-refractivity contribution in [3.63, 3.8) is 0 Å². The van der Waals surface area contributed by atoms with Crippen molar-refractivity contribution in [3.05, 3.63) is 45.7 Å². The molecule has 2 rings (SSSR count). The fourth-order valence-corrected chi connectivity index (χ4v) is 2.09. The second kappa shape index (κ2) is 4.45. The average Bonchev–Trinajstić information content (AvgIpc) is 2.59. The van der Waals surface area contributed by atoms with Crippen molar-refractivity contribution < 1.29 is 5.11 Å². The Morgan fingerprint density at radius 1 is 1.31 bits per heavy atom. The van der Waals surface area contributed by atoms with Crippen molar-refractivity contribution >= 4 is 23.2 Å². The summed E-state index contributed by atoms with van der Waals surface area (Å²) < 4.78 is 1.57. The first-order valence-corrected chi connectivity index (χ1v) is 5.49. The van der Waals surface area contributed by atoms with Crippen molar-refractivity contribution in [2.75, 3.05) is 0 Å². The molecule has 0 fully saturated rings. The lowest BCUT2D eigenvalue weighted by molar-refractivity contribution is 0.272. The molecule has 0 aliphatic rings. The zero-order valence-corrected chi connectivity index (χ0v) is 10.1. The van der Waals surface area contributed by atoms with Crippen molar-refractivity contribution in [1.82, 2.24) is 9.78 Å². The molecule has 0 aliphatic heterocycles. The third kappa shape index (κ3) is 1.82. The van der Waals surface area contributed by atoms with Crippen molar-refractivity contribution in [1.29, 1.82) is 0 Å². The first-order chi connectivity index (χ1) is 7.65. The molecule has 1 heterocycles. The first-order valence-electron chi connectivity index (χ1n) is 4.74. The molecule has 16 heavy (non-hydrogen) atoms. The number of hydrogen-bond acceptors (Lipinski definition) is 2. The van der Waals surface area contributed by atoms with E-state index in [2.05, 4.69) is 5.10 Å². The molecule has 1 aromatic heterocycles. The van der Waals surface area contributed by atoms with Crippen molar-refractivity contribution in [2.24, 2.45) is 0 Å². The molecular weight excluding hydrogens is 247 g/mol. The maximum absolute atomic E-state index is 9.28. The third-order valence-corrected chi connectivity index (χ3v) is 2.99. The van der Waals surface area contributed by atoms with Gasteiger partial charge in [0.1, 0.15) is 5.69 Å². The van der Waals surface area contributed by atoms with Crippen LogP contribution in [0.5, 0.6) is 0 Å². The number of halogens is 2. The topological polar surface area (TPSA) is 38.0 Å². The molecule has 0 unspecified atom stereocenters. The minimum atomic E-state index is -0.104. The highest BCUT2D eigenvalue weighted by Crippen LogP contribution is 2.29. The summed E-state index contributed by atoms with van der Waals surface area (Å²) in [5, 5.41) is 14.5. The molecule has 0 atom stereocenters. The number of aliphatic hydroxyl groups is 1. The predicted molar refractivity (Wildman–Crippen MR) is 64.2 cm³/mol. The Labute approximate surface area is 103 Å². The number of aryl methyl sites for hydroxylation is 1. The Bertz CT molecular complexity index is 502. The van der Waals surface area contributed by atoms with Crippen LogP contribution in [0.3, 0.4) is 0 Å². The summed E-state index contributed by atoms with van der Waals surface area (Å²) in [6, 6.07) is 5.24. The normalized spacial score (nSPS) is 10.8. The lowest BCUT2D eigenvalue weighted by Gasteiger charge is -2.10. The molecular formula is C11H10Cl2N2O. The van der Waals surface area contributed by atoms with Crippen LogP contribution < -0.4 is 0 Å². The number of aliphatic hydroxyl groups excluding tert-OH is 1. The summed E-state index contributed by atoms with van der Waals surface area (Å²) in [4.78, 5) is 0. The quantitative estimate of drug-likeness (QED) is 0.898. The van der Waals surface area contributed by atoms with E-state index in [1.165, 1.54) is 0 Å². The second-order valence-corrected chi connectivity index (χ2v) is 4.23. The second-order valence-electron chi connectivity index (χ2n) is 3.41. The van der Waals surface area contributed by atoms with E-state index in [1.54, 1.807) is 29.1 Å². The number of nitrogens with zero attached hydrogens (tertiary/aromatic N) is 2. The maximum atomic E-state index is 9.28. The van der Waals surface area contributed by atoms with Gasteiger partial charge in [-0.3, -0.25) is 0 Å². The molecule has 3 nitrogen and oxygen atoms in total. The highest BCUT2D eigenvalue weighted by molar-refractivity contribution is 6.37. The summed E-state index contributed by atoms with van der Waals surface area (Å²) in [6.07, 6.45) is 1.67. The first kappa shape index (κ1) is 11.5. The van der Waals surface area contributed by atoms with Gasteiger partial charge >= 0.3 is 0 Å². The van der Waals surface area contributed by atoms with Gasteiger partial charge in [0.15, 0.2) is 0 Å². The van der Waals surface area contributed by atoms with Crippen LogP contribution in [-0.2, 0) is 6.61 Å². The molecule has 0 radical (unpaired) electrons. The van der Waals surface area contributed by atoms with Crippen LogP contribution in [0, 0.1) is 6.92 Å². The highest BCUT2D eigenvalue weighted by atomic mass is 35.5. The van der Waals surface area contributed by atoms with Crippen LogP contribution in [0.2, 0.25) is 10.0 Å². The van der Waals surface area contributed by atoms with Gasteiger partial charge in [0.05, 0.1) is 28.5 Å². The van der Waals surface area contributed by atoms with Gasteiger partial charge in [-0.15, -0.1) is 0 Å². The van der Waals surface area contributed by atoms with E-state index in [9.17, 15) is 5.11 Å². The fourth-order valence-electron chi connectivity index (χ4n) is 1.53. The van der Waals surface area contributed by atoms with Crippen molar-refractivity contribution in [2.45, 2.75) is 13.5 Å². The third-order valence-electron chi connectivity index (χ3n) is 2.38. The smallest absolute Gasteiger partial charge is 0.102 e. The molecule has 84 valence electrons. The molecule has 0 saturated carbocycles. The van der Waals surface area contributed by atoms with Gasteiger partial charge in [0.25, 0.3) is 0 Å². The van der Waals surface area contributed by atoms with Crippen LogP contribution in [0.1, 0.15) is 11.3 Å². The van der Waals surface area contributed by atoms with Gasteiger partial charge < -0.3 is 5.11 Å². The maximum Gasteiger partial charge on any atom is 0.102 e. The monoisotopic (exact) mass is 256 g/mol. The standard InChI is InChI=1S/C11H10Cl2N2O/c1-7-5-14-15(10(7)6-16)11-8(12)3-2-4-9(11)13/h2-5,16H,6H2,1H3. The number of rotatable bonds is 2. The molecule has 0 spiro atoms. The number of aromatic nitrogens is 2. The minimum Gasteiger partial charge on any atom is -0.390 e.